The Hall–Kier alpha value is -3.22. The Balaban J connectivity index is 1.27. The van der Waals surface area contributed by atoms with Gasteiger partial charge < -0.3 is 14.2 Å². The second-order valence-corrected chi connectivity index (χ2v) is 7.01. The molecule has 144 valence electrons. The highest BCUT2D eigenvalue weighted by molar-refractivity contribution is 5.95. The molecule has 0 atom stereocenters. The molecule has 2 aromatic heterocycles. The molecule has 7 heteroatoms. The van der Waals surface area contributed by atoms with Gasteiger partial charge in [0.2, 0.25) is 5.89 Å². The highest BCUT2D eigenvalue weighted by Gasteiger charge is 2.36. The Morgan fingerprint density at radius 2 is 2.11 bits per heavy atom. The van der Waals surface area contributed by atoms with Crippen LogP contribution >= 0.6 is 0 Å². The highest BCUT2D eigenvalue weighted by atomic mass is 16.5. The number of aryl methyl sites for hydroxylation is 2. The maximum atomic E-state index is 12.5. The summed E-state index contributed by atoms with van der Waals surface area (Å²) in [6.45, 7) is 5.51. The lowest BCUT2D eigenvalue weighted by Gasteiger charge is -2.37. The molecule has 1 aliphatic heterocycles. The van der Waals surface area contributed by atoms with Crippen molar-refractivity contribution in [3.63, 3.8) is 0 Å². The number of ether oxygens (including phenoxy) is 1. The normalized spacial score (nSPS) is 14.0. The number of hydrogen-bond donors (Lipinski definition) is 0. The fourth-order valence-electron chi connectivity index (χ4n) is 3.18. The lowest BCUT2D eigenvalue weighted by molar-refractivity contribution is 0.0568. The number of carbonyl (C=O) groups is 1. The molecule has 3 aromatic rings. The summed E-state index contributed by atoms with van der Waals surface area (Å²) in [7, 11) is 0. The lowest BCUT2D eigenvalue weighted by Crippen LogP contribution is -2.48. The maximum absolute atomic E-state index is 12.5. The Labute approximate surface area is 163 Å². The molecule has 0 radical (unpaired) electrons. The number of amides is 1. The van der Waals surface area contributed by atoms with E-state index in [1.165, 1.54) is 0 Å². The lowest BCUT2D eigenvalue weighted by atomic mass is 9.98. The van der Waals surface area contributed by atoms with Gasteiger partial charge in [0.15, 0.2) is 5.82 Å². The predicted octanol–water partition coefficient (Wildman–Crippen LogP) is 2.94. The van der Waals surface area contributed by atoms with Crippen molar-refractivity contribution in [3.05, 3.63) is 71.1 Å². The van der Waals surface area contributed by atoms with Crippen LogP contribution in [0.15, 0.2) is 47.1 Å². The molecule has 1 fully saturated rings. The first-order valence-electron chi connectivity index (χ1n) is 9.33. The quantitative estimate of drug-likeness (QED) is 0.656. The first kappa shape index (κ1) is 18.2. The Morgan fingerprint density at radius 3 is 2.89 bits per heavy atom. The number of pyridine rings is 1. The minimum Gasteiger partial charge on any atom is -0.493 e. The summed E-state index contributed by atoms with van der Waals surface area (Å²) in [5.74, 6) is 2.11. The van der Waals surface area contributed by atoms with Crippen molar-refractivity contribution in [1.82, 2.24) is 20.0 Å². The van der Waals surface area contributed by atoms with Crippen molar-refractivity contribution in [2.24, 2.45) is 0 Å². The number of carbonyl (C=O) groups excluding carboxylic acids is 1. The molecule has 0 unspecified atom stereocenters. The first-order valence-corrected chi connectivity index (χ1v) is 9.33. The molecule has 0 saturated carbocycles. The van der Waals surface area contributed by atoms with Gasteiger partial charge >= 0.3 is 0 Å². The van der Waals surface area contributed by atoms with Gasteiger partial charge in [0, 0.05) is 31.4 Å². The van der Waals surface area contributed by atoms with Crippen molar-refractivity contribution in [3.8, 4) is 5.75 Å². The SMILES string of the molecule is Cc1cccc(OCCc2noc(C3CN(C(=O)c4cccnc4C)C3)n2)c1. The van der Waals surface area contributed by atoms with E-state index in [4.69, 9.17) is 9.26 Å². The van der Waals surface area contributed by atoms with Crippen LogP contribution < -0.4 is 4.74 Å². The second kappa shape index (κ2) is 7.80. The fraction of sp³-hybridized carbons (Fsp3) is 0.333. The van der Waals surface area contributed by atoms with Gasteiger partial charge in [-0.2, -0.15) is 4.98 Å². The first-order chi connectivity index (χ1) is 13.6. The van der Waals surface area contributed by atoms with Crippen LogP contribution in [0.25, 0.3) is 0 Å². The monoisotopic (exact) mass is 378 g/mol. The van der Waals surface area contributed by atoms with Crippen LogP contribution in [0.1, 0.15) is 39.2 Å². The molecule has 1 aromatic carbocycles. The van der Waals surface area contributed by atoms with Gasteiger partial charge in [0.1, 0.15) is 5.75 Å². The van der Waals surface area contributed by atoms with Gasteiger partial charge in [-0.05, 0) is 43.7 Å². The minimum atomic E-state index is -0.00635. The van der Waals surface area contributed by atoms with Gasteiger partial charge in [0.05, 0.1) is 18.1 Å². The van der Waals surface area contributed by atoms with Crippen LogP contribution in [-0.2, 0) is 6.42 Å². The van der Waals surface area contributed by atoms with E-state index >= 15 is 0 Å². The van der Waals surface area contributed by atoms with Gasteiger partial charge in [-0.25, -0.2) is 0 Å². The van der Waals surface area contributed by atoms with Crippen molar-refractivity contribution in [2.45, 2.75) is 26.2 Å². The zero-order chi connectivity index (χ0) is 19.5. The van der Waals surface area contributed by atoms with Crippen molar-refractivity contribution >= 4 is 5.91 Å². The third-order valence-corrected chi connectivity index (χ3v) is 4.82. The summed E-state index contributed by atoms with van der Waals surface area (Å²) < 4.78 is 11.1. The molecule has 1 amide bonds. The number of nitrogens with zero attached hydrogens (tertiary/aromatic N) is 4. The smallest absolute Gasteiger partial charge is 0.255 e. The molecular weight excluding hydrogens is 356 g/mol. The number of rotatable bonds is 6. The largest absolute Gasteiger partial charge is 0.493 e. The Kier molecular flexibility index (Phi) is 5.06. The summed E-state index contributed by atoms with van der Waals surface area (Å²) in [4.78, 5) is 22.9. The van der Waals surface area contributed by atoms with E-state index in [1.54, 1.807) is 23.2 Å². The molecule has 0 N–H and O–H groups in total. The summed E-state index contributed by atoms with van der Waals surface area (Å²) in [6.07, 6.45) is 2.26. The van der Waals surface area contributed by atoms with Gasteiger partial charge in [-0.3, -0.25) is 9.78 Å². The van der Waals surface area contributed by atoms with Crippen molar-refractivity contribution < 1.29 is 14.1 Å². The zero-order valence-corrected chi connectivity index (χ0v) is 16.0. The average Bonchev–Trinajstić information content (AvgIpc) is 3.09. The Bertz CT molecular complexity index is 979. The molecule has 1 aliphatic rings. The van der Waals surface area contributed by atoms with Crippen molar-refractivity contribution in [1.29, 1.82) is 0 Å². The summed E-state index contributed by atoms with van der Waals surface area (Å²) in [6, 6.07) is 11.5. The third kappa shape index (κ3) is 3.88. The molecule has 0 bridgehead atoms. The molecular formula is C21H22N4O3. The van der Waals surface area contributed by atoms with E-state index < -0.39 is 0 Å². The van der Waals surface area contributed by atoms with Crippen LogP contribution in [0.5, 0.6) is 5.75 Å². The molecule has 1 saturated heterocycles. The average molecular weight is 378 g/mol. The van der Waals surface area contributed by atoms with Crippen molar-refractivity contribution in [2.75, 3.05) is 19.7 Å². The number of benzene rings is 1. The van der Waals surface area contributed by atoms with Gasteiger partial charge in [-0.15, -0.1) is 0 Å². The van der Waals surface area contributed by atoms with E-state index in [0.29, 0.717) is 43.4 Å². The zero-order valence-electron chi connectivity index (χ0n) is 16.0. The topological polar surface area (TPSA) is 81.4 Å². The summed E-state index contributed by atoms with van der Waals surface area (Å²) >= 11 is 0. The van der Waals surface area contributed by atoms with Crippen LogP contribution in [0.4, 0.5) is 0 Å². The van der Waals surface area contributed by atoms with Crippen LogP contribution in [-0.4, -0.2) is 45.6 Å². The molecule has 0 spiro atoms. The predicted molar refractivity (Wildman–Crippen MR) is 102 cm³/mol. The number of aromatic nitrogens is 3. The summed E-state index contributed by atoms with van der Waals surface area (Å²) in [5, 5.41) is 4.03. The van der Waals surface area contributed by atoms with E-state index in [2.05, 4.69) is 15.1 Å². The van der Waals surface area contributed by atoms with E-state index in [0.717, 1.165) is 17.0 Å². The Morgan fingerprint density at radius 1 is 1.25 bits per heavy atom. The molecule has 3 heterocycles. The van der Waals surface area contributed by atoms with Gasteiger partial charge in [0.25, 0.3) is 5.91 Å². The van der Waals surface area contributed by atoms with Crippen LogP contribution in [0.2, 0.25) is 0 Å². The van der Waals surface area contributed by atoms with Crippen LogP contribution in [0.3, 0.4) is 0 Å². The fourth-order valence-corrected chi connectivity index (χ4v) is 3.18. The summed E-state index contributed by atoms with van der Waals surface area (Å²) in [5.41, 5.74) is 2.54. The molecule has 4 rings (SSSR count). The standard InChI is InChI=1S/C21H22N4O3/c1-14-5-3-6-17(11-14)27-10-8-19-23-20(28-24-19)16-12-25(13-16)21(26)18-7-4-9-22-15(18)2/h3-7,9,11,16H,8,10,12-13H2,1-2H3. The minimum absolute atomic E-state index is 0.00635. The second-order valence-electron chi connectivity index (χ2n) is 7.01. The molecule has 7 nitrogen and oxygen atoms in total. The molecule has 28 heavy (non-hydrogen) atoms. The van der Waals surface area contributed by atoms with Crippen LogP contribution in [0, 0.1) is 13.8 Å². The third-order valence-electron chi connectivity index (χ3n) is 4.82. The molecule has 0 aliphatic carbocycles. The van der Waals surface area contributed by atoms with E-state index in [-0.39, 0.29) is 11.8 Å². The van der Waals surface area contributed by atoms with Gasteiger partial charge in [-0.1, -0.05) is 17.3 Å². The maximum Gasteiger partial charge on any atom is 0.255 e. The highest BCUT2D eigenvalue weighted by Crippen LogP contribution is 2.27. The number of hydrogen-bond acceptors (Lipinski definition) is 6. The van der Waals surface area contributed by atoms with E-state index in [9.17, 15) is 4.79 Å². The van der Waals surface area contributed by atoms with E-state index in [1.807, 2.05) is 38.1 Å². The number of likely N-dealkylation sites (tertiary alicyclic amines) is 1.